The van der Waals surface area contributed by atoms with Crippen LogP contribution in [-0.4, -0.2) is 11.9 Å². The Morgan fingerprint density at radius 3 is 2.55 bits per heavy atom. The Bertz CT molecular complexity index is 776. The first-order chi connectivity index (χ1) is 10.5. The number of fused-ring (bicyclic) bond motifs is 1. The zero-order valence-corrected chi connectivity index (χ0v) is 13.1. The maximum Gasteiger partial charge on any atom is 0.342 e. The Balaban J connectivity index is 2.15. The molecule has 0 saturated carbocycles. The highest BCUT2D eigenvalue weighted by atomic mass is 35.5. The number of esters is 1. The molecular formula is C16H11Cl2NO3. The number of cyclic esters (lactones) is 1. The van der Waals surface area contributed by atoms with E-state index in [1.165, 1.54) is 17.9 Å². The summed E-state index contributed by atoms with van der Waals surface area (Å²) >= 11 is 11.9. The number of benzene rings is 2. The van der Waals surface area contributed by atoms with Gasteiger partial charge in [-0.2, -0.15) is 0 Å². The molecule has 0 radical (unpaired) electrons. The normalized spacial score (nSPS) is 17.0. The Hall–Kier alpha value is -2.04. The lowest BCUT2D eigenvalue weighted by atomic mass is 10.1. The van der Waals surface area contributed by atoms with E-state index in [9.17, 15) is 9.59 Å². The van der Waals surface area contributed by atoms with E-state index < -0.39 is 12.2 Å². The zero-order valence-electron chi connectivity index (χ0n) is 11.5. The molecule has 0 N–H and O–H groups in total. The van der Waals surface area contributed by atoms with Gasteiger partial charge in [0.1, 0.15) is 0 Å². The van der Waals surface area contributed by atoms with E-state index in [2.05, 4.69) is 0 Å². The number of hydrogen-bond acceptors (Lipinski definition) is 3. The first-order valence-electron chi connectivity index (χ1n) is 6.53. The lowest BCUT2D eigenvalue weighted by Gasteiger charge is -2.35. The summed E-state index contributed by atoms with van der Waals surface area (Å²) in [5.41, 5.74) is 1.36. The van der Waals surface area contributed by atoms with Gasteiger partial charge < -0.3 is 4.74 Å². The van der Waals surface area contributed by atoms with Crippen molar-refractivity contribution in [2.24, 2.45) is 0 Å². The fourth-order valence-electron chi connectivity index (χ4n) is 2.44. The number of hydrogen-bond donors (Lipinski definition) is 0. The summed E-state index contributed by atoms with van der Waals surface area (Å²) in [6.45, 7) is 1.41. The van der Waals surface area contributed by atoms with Gasteiger partial charge in [-0.25, -0.2) is 4.79 Å². The summed E-state index contributed by atoms with van der Waals surface area (Å²) < 4.78 is 5.43. The van der Waals surface area contributed by atoms with Crippen molar-refractivity contribution in [3.05, 3.63) is 63.6 Å². The maximum atomic E-state index is 12.2. The SMILES string of the molecule is CC(=O)N1c2ccc(Cl)cc2C(=O)OC1c1cccc(Cl)c1. The van der Waals surface area contributed by atoms with Crippen molar-refractivity contribution < 1.29 is 14.3 Å². The number of carbonyl (C=O) groups excluding carboxylic acids is 2. The third-order valence-electron chi connectivity index (χ3n) is 3.36. The van der Waals surface area contributed by atoms with Gasteiger partial charge in [0.05, 0.1) is 11.3 Å². The lowest BCUT2D eigenvalue weighted by molar-refractivity contribution is -0.118. The predicted molar refractivity (Wildman–Crippen MR) is 84.2 cm³/mol. The van der Waals surface area contributed by atoms with Gasteiger partial charge in [0, 0.05) is 22.5 Å². The molecule has 6 heteroatoms. The van der Waals surface area contributed by atoms with Crippen LogP contribution in [-0.2, 0) is 9.53 Å². The van der Waals surface area contributed by atoms with Gasteiger partial charge in [0.2, 0.25) is 12.1 Å². The van der Waals surface area contributed by atoms with Gasteiger partial charge in [0.25, 0.3) is 0 Å². The van der Waals surface area contributed by atoms with E-state index in [1.807, 2.05) is 0 Å². The van der Waals surface area contributed by atoms with Crippen molar-refractivity contribution in [2.75, 3.05) is 4.90 Å². The van der Waals surface area contributed by atoms with E-state index in [0.29, 0.717) is 21.3 Å². The van der Waals surface area contributed by atoms with E-state index >= 15 is 0 Å². The van der Waals surface area contributed by atoms with Crippen LogP contribution in [0.2, 0.25) is 10.0 Å². The highest BCUT2D eigenvalue weighted by Crippen LogP contribution is 2.38. The second-order valence-electron chi connectivity index (χ2n) is 4.86. The Morgan fingerprint density at radius 1 is 1.14 bits per heavy atom. The highest BCUT2D eigenvalue weighted by Gasteiger charge is 2.36. The summed E-state index contributed by atoms with van der Waals surface area (Å²) in [6, 6.07) is 11.6. The Labute approximate surface area is 137 Å². The molecule has 1 amide bonds. The molecule has 0 aliphatic carbocycles. The van der Waals surface area contributed by atoms with Crippen molar-refractivity contribution in [3.8, 4) is 0 Å². The second kappa shape index (κ2) is 5.63. The molecule has 0 saturated heterocycles. The van der Waals surface area contributed by atoms with E-state index in [4.69, 9.17) is 27.9 Å². The van der Waals surface area contributed by atoms with Crippen LogP contribution in [0.1, 0.15) is 29.1 Å². The Morgan fingerprint density at radius 2 is 1.86 bits per heavy atom. The van der Waals surface area contributed by atoms with Crippen LogP contribution in [0.5, 0.6) is 0 Å². The number of rotatable bonds is 1. The minimum atomic E-state index is -0.850. The molecule has 22 heavy (non-hydrogen) atoms. The highest BCUT2D eigenvalue weighted by molar-refractivity contribution is 6.31. The van der Waals surface area contributed by atoms with Crippen LogP contribution in [0.3, 0.4) is 0 Å². The van der Waals surface area contributed by atoms with Crippen molar-refractivity contribution in [3.63, 3.8) is 0 Å². The van der Waals surface area contributed by atoms with Gasteiger partial charge in [-0.05, 0) is 30.3 Å². The average Bonchev–Trinajstić information content (AvgIpc) is 2.47. The number of carbonyl (C=O) groups is 2. The smallest absolute Gasteiger partial charge is 0.342 e. The number of anilines is 1. The van der Waals surface area contributed by atoms with Crippen LogP contribution in [0.4, 0.5) is 5.69 Å². The first-order valence-corrected chi connectivity index (χ1v) is 7.29. The van der Waals surface area contributed by atoms with Gasteiger partial charge >= 0.3 is 5.97 Å². The molecule has 2 aromatic rings. The van der Waals surface area contributed by atoms with Gasteiger partial charge in [-0.15, -0.1) is 0 Å². The van der Waals surface area contributed by atoms with Crippen LogP contribution in [0, 0.1) is 0 Å². The largest absolute Gasteiger partial charge is 0.433 e. The fraction of sp³-hybridized carbons (Fsp3) is 0.125. The first kappa shape index (κ1) is 14.9. The lowest BCUT2D eigenvalue weighted by Crippen LogP contribution is -2.40. The summed E-state index contributed by atoms with van der Waals surface area (Å²) in [5, 5.41) is 0.902. The molecule has 0 spiro atoms. The van der Waals surface area contributed by atoms with E-state index in [0.717, 1.165) is 0 Å². The molecule has 1 atom stereocenters. The van der Waals surface area contributed by atoms with Gasteiger partial charge in [-0.1, -0.05) is 35.3 Å². The summed E-state index contributed by atoms with van der Waals surface area (Å²) in [7, 11) is 0. The van der Waals surface area contributed by atoms with E-state index in [1.54, 1.807) is 36.4 Å². The topological polar surface area (TPSA) is 46.6 Å². The summed E-state index contributed by atoms with van der Waals surface area (Å²) in [4.78, 5) is 25.7. The van der Waals surface area contributed by atoms with Crippen molar-refractivity contribution in [1.29, 1.82) is 0 Å². The van der Waals surface area contributed by atoms with Crippen molar-refractivity contribution >= 4 is 40.8 Å². The molecule has 0 fully saturated rings. The molecule has 1 heterocycles. The quantitative estimate of drug-likeness (QED) is 0.733. The van der Waals surface area contributed by atoms with E-state index in [-0.39, 0.29) is 11.5 Å². The maximum absolute atomic E-state index is 12.2. The zero-order chi connectivity index (χ0) is 15.9. The molecule has 1 unspecified atom stereocenters. The molecule has 0 bridgehead atoms. The monoisotopic (exact) mass is 335 g/mol. The third-order valence-corrected chi connectivity index (χ3v) is 3.83. The fourth-order valence-corrected chi connectivity index (χ4v) is 2.81. The molecule has 2 aromatic carbocycles. The van der Waals surface area contributed by atoms with Crippen LogP contribution >= 0.6 is 23.2 Å². The Kier molecular flexibility index (Phi) is 3.81. The van der Waals surface area contributed by atoms with Crippen molar-refractivity contribution in [2.45, 2.75) is 13.2 Å². The third kappa shape index (κ3) is 2.56. The average molecular weight is 336 g/mol. The molecule has 0 aromatic heterocycles. The number of amides is 1. The molecule has 4 nitrogen and oxygen atoms in total. The minimum absolute atomic E-state index is 0.249. The molecule has 1 aliphatic heterocycles. The molecule has 3 rings (SSSR count). The summed E-state index contributed by atoms with van der Waals surface area (Å²) in [6.07, 6.45) is -0.850. The second-order valence-corrected chi connectivity index (χ2v) is 5.74. The van der Waals surface area contributed by atoms with Crippen LogP contribution in [0.15, 0.2) is 42.5 Å². The number of halogens is 2. The van der Waals surface area contributed by atoms with Crippen molar-refractivity contribution in [1.82, 2.24) is 0 Å². The molecule has 112 valence electrons. The van der Waals surface area contributed by atoms with Gasteiger partial charge in [-0.3, -0.25) is 9.69 Å². The standard InChI is InChI=1S/C16H11Cl2NO3/c1-9(20)19-14-6-5-12(18)8-13(14)16(21)22-15(19)10-3-2-4-11(17)7-10/h2-8,15H,1H3. The summed E-state index contributed by atoms with van der Waals surface area (Å²) in [5.74, 6) is -0.777. The van der Waals surface area contributed by atoms with Crippen LogP contribution < -0.4 is 4.90 Å². The predicted octanol–water partition coefficient (Wildman–Crippen LogP) is 4.22. The molecule has 1 aliphatic rings. The number of ether oxygens (including phenoxy) is 1. The van der Waals surface area contributed by atoms with Crippen LogP contribution in [0.25, 0.3) is 0 Å². The minimum Gasteiger partial charge on any atom is -0.433 e. The molecular weight excluding hydrogens is 325 g/mol. The van der Waals surface area contributed by atoms with Gasteiger partial charge in [0.15, 0.2) is 0 Å². The number of nitrogens with zero attached hydrogens (tertiary/aromatic N) is 1.